The van der Waals surface area contributed by atoms with Gasteiger partial charge in [-0.1, -0.05) is 24.6 Å². The van der Waals surface area contributed by atoms with Crippen molar-refractivity contribution in [2.24, 2.45) is 0 Å². The van der Waals surface area contributed by atoms with E-state index in [9.17, 15) is 0 Å². The molecule has 1 saturated heterocycles. The molecular formula is C18H30N2O. The maximum atomic E-state index is 5.74. The first kappa shape index (κ1) is 16.3. The van der Waals surface area contributed by atoms with Gasteiger partial charge in [0.25, 0.3) is 0 Å². The number of ether oxygens (including phenoxy) is 1. The van der Waals surface area contributed by atoms with Crippen LogP contribution in [0.5, 0.6) is 5.75 Å². The molecule has 21 heavy (non-hydrogen) atoms. The zero-order valence-electron chi connectivity index (χ0n) is 13.8. The highest BCUT2D eigenvalue weighted by molar-refractivity contribution is 5.35. The molecule has 2 atom stereocenters. The molecule has 0 saturated carbocycles. The van der Waals surface area contributed by atoms with E-state index in [1.54, 1.807) is 0 Å². The second kappa shape index (κ2) is 8.40. The molecule has 3 nitrogen and oxygen atoms in total. The average molecular weight is 290 g/mol. The van der Waals surface area contributed by atoms with E-state index < -0.39 is 0 Å². The van der Waals surface area contributed by atoms with Gasteiger partial charge in [-0.15, -0.1) is 0 Å². The molecule has 0 bridgehead atoms. The molecule has 118 valence electrons. The van der Waals surface area contributed by atoms with Gasteiger partial charge >= 0.3 is 0 Å². The Morgan fingerprint density at radius 3 is 2.57 bits per heavy atom. The van der Waals surface area contributed by atoms with Gasteiger partial charge in [-0.25, -0.2) is 0 Å². The highest BCUT2D eigenvalue weighted by Gasteiger charge is 2.17. The van der Waals surface area contributed by atoms with Gasteiger partial charge in [0.05, 0.1) is 6.61 Å². The van der Waals surface area contributed by atoms with Gasteiger partial charge in [-0.2, -0.15) is 0 Å². The van der Waals surface area contributed by atoms with Gasteiger partial charge in [0.15, 0.2) is 0 Å². The Labute approximate surface area is 129 Å². The third-order valence-electron chi connectivity index (χ3n) is 4.20. The Hall–Kier alpha value is -1.06. The summed E-state index contributed by atoms with van der Waals surface area (Å²) in [5.41, 5.74) is 1.25. The summed E-state index contributed by atoms with van der Waals surface area (Å²) in [4.78, 5) is 2.59. The van der Waals surface area contributed by atoms with Crippen LogP contribution in [0.3, 0.4) is 0 Å². The lowest BCUT2D eigenvalue weighted by molar-refractivity contribution is 0.205. The van der Waals surface area contributed by atoms with Crippen molar-refractivity contribution in [1.82, 2.24) is 10.2 Å². The van der Waals surface area contributed by atoms with Crippen molar-refractivity contribution in [3.63, 3.8) is 0 Å². The smallest absolute Gasteiger partial charge is 0.124 e. The van der Waals surface area contributed by atoms with Crippen molar-refractivity contribution in [2.75, 3.05) is 26.2 Å². The topological polar surface area (TPSA) is 24.5 Å². The van der Waals surface area contributed by atoms with Crippen LogP contribution in [0.25, 0.3) is 0 Å². The first-order chi connectivity index (χ1) is 10.2. The first-order valence-electron chi connectivity index (χ1n) is 8.40. The number of piperidine rings is 1. The molecule has 0 amide bonds. The molecule has 1 aliphatic rings. The summed E-state index contributed by atoms with van der Waals surface area (Å²) in [6, 6.07) is 9.16. The minimum absolute atomic E-state index is 0.313. The van der Waals surface area contributed by atoms with E-state index in [2.05, 4.69) is 42.3 Å². The van der Waals surface area contributed by atoms with Gasteiger partial charge in [-0.05, 0) is 52.8 Å². The maximum absolute atomic E-state index is 5.74. The Kier molecular flexibility index (Phi) is 6.52. The number of hydrogen-bond donors (Lipinski definition) is 1. The average Bonchev–Trinajstić information content (AvgIpc) is 2.49. The second-order valence-corrected chi connectivity index (χ2v) is 6.12. The largest absolute Gasteiger partial charge is 0.494 e. The molecule has 2 rings (SSSR count). The van der Waals surface area contributed by atoms with Crippen LogP contribution in [0, 0.1) is 0 Å². The SMILES string of the molecule is CCOc1ccccc1C(C)NC(C)CN1CCCCC1. The normalized spacial score (nSPS) is 19.2. The van der Waals surface area contributed by atoms with Crippen LogP contribution in [-0.4, -0.2) is 37.2 Å². The summed E-state index contributed by atoms with van der Waals surface area (Å²) < 4.78 is 5.74. The zero-order valence-corrected chi connectivity index (χ0v) is 13.8. The van der Waals surface area contributed by atoms with E-state index in [0.29, 0.717) is 18.7 Å². The Morgan fingerprint density at radius 2 is 1.86 bits per heavy atom. The molecule has 0 aromatic heterocycles. The van der Waals surface area contributed by atoms with E-state index in [4.69, 9.17) is 4.74 Å². The Morgan fingerprint density at radius 1 is 1.14 bits per heavy atom. The summed E-state index contributed by atoms with van der Waals surface area (Å²) in [6.45, 7) is 10.9. The number of likely N-dealkylation sites (tertiary alicyclic amines) is 1. The molecule has 0 aliphatic carbocycles. The first-order valence-corrected chi connectivity index (χ1v) is 8.40. The summed E-state index contributed by atoms with van der Waals surface area (Å²) in [5, 5.41) is 3.72. The summed E-state index contributed by atoms with van der Waals surface area (Å²) in [5.74, 6) is 1.00. The molecule has 1 aliphatic heterocycles. The van der Waals surface area contributed by atoms with E-state index in [0.717, 1.165) is 12.3 Å². The molecule has 1 fully saturated rings. The summed E-state index contributed by atoms with van der Waals surface area (Å²) in [6.07, 6.45) is 4.11. The lowest BCUT2D eigenvalue weighted by Gasteiger charge is -2.31. The highest BCUT2D eigenvalue weighted by atomic mass is 16.5. The van der Waals surface area contributed by atoms with E-state index in [1.165, 1.54) is 37.9 Å². The van der Waals surface area contributed by atoms with E-state index in [-0.39, 0.29) is 0 Å². The maximum Gasteiger partial charge on any atom is 0.124 e. The van der Waals surface area contributed by atoms with Crippen molar-refractivity contribution in [3.8, 4) is 5.75 Å². The summed E-state index contributed by atoms with van der Waals surface area (Å²) >= 11 is 0. The number of hydrogen-bond acceptors (Lipinski definition) is 3. The van der Waals surface area contributed by atoms with Gasteiger partial charge < -0.3 is 15.0 Å². The number of benzene rings is 1. The van der Waals surface area contributed by atoms with Crippen LogP contribution in [0.2, 0.25) is 0 Å². The molecule has 1 aromatic rings. The van der Waals surface area contributed by atoms with Crippen LogP contribution in [0.4, 0.5) is 0 Å². The number of nitrogens with one attached hydrogen (secondary N) is 1. The fraction of sp³-hybridized carbons (Fsp3) is 0.667. The van der Waals surface area contributed by atoms with Gasteiger partial charge in [0.2, 0.25) is 0 Å². The molecule has 0 radical (unpaired) electrons. The molecule has 1 heterocycles. The molecule has 1 aromatic carbocycles. The van der Waals surface area contributed by atoms with Gasteiger partial charge in [0.1, 0.15) is 5.75 Å². The number of para-hydroxylation sites is 1. The van der Waals surface area contributed by atoms with Crippen molar-refractivity contribution in [2.45, 2.75) is 52.1 Å². The molecule has 3 heteroatoms. The fourth-order valence-corrected chi connectivity index (χ4v) is 3.22. The molecule has 0 spiro atoms. The lowest BCUT2D eigenvalue weighted by atomic mass is 10.1. The highest BCUT2D eigenvalue weighted by Crippen LogP contribution is 2.25. The lowest BCUT2D eigenvalue weighted by Crippen LogP contribution is -2.42. The monoisotopic (exact) mass is 290 g/mol. The second-order valence-electron chi connectivity index (χ2n) is 6.12. The van der Waals surface area contributed by atoms with Gasteiger partial charge in [-0.3, -0.25) is 0 Å². The molecular weight excluding hydrogens is 260 g/mol. The molecule has 1 N–H and O–H groups in total. The zero-order chi connectivity index (χ0) is 15.1. The van der Waals surface area contributed by atoms with E-state index in [1.807, 2.05) is 13.0 Å². The predicted molar refractivity (Wildman–Crippen MR) is 88.9 cm³/mol. The molecule has 2 unspecified atom stereocenters. The third-order valence-corrected chi connectivity index (χ3v) is 4.20. The van der Waals surface area contributed by atoms with Crippen LogP contribution in [0.15, 0.2) is 24.3 Å². The van der Waals surface area contributed by atoms with Crippen molar-refractivity contribution in [1.29, 1.82) is 0 Å². The van der Waals surface area contributed by atoms with Crippen LogP contribution >= 0.6 is 0 Å². The summed E-state index contributed by atoms with van der Waals surface area (Å²) in [7, 11) is 0. The van der Waals surface area contributed by atoms with Crippen LogP contribution in [0.1, 0.15) is 51.6 Å². The Bertz CT molecular complexity index is 415. The number of nitrogens with zero attached hydrogens (tertiary/aromatic N) is 1. The number of rotatable bonds is 7. The van der Waals surface area contributed by atoms with E-state index >= 15 is 0 Å². The van der Waals surface area contributed by atoms with Crippen molar-refractivity contribution >= 4 is 0 Å². The minimum atomic E-state index is 0.313. The van der Waals surface area contributed by atoms with Gasteiger partial charge in [0, 0.05) is 24.2 Å². The quantitative estimate of drug-likeness (QED) is 0.830. The minimum Gasteiger partial charge on any atom is -0.494 e. The van der Waals surface area contributed by atoms with Crippen molar-refractivity contribution < 1.29 is 4.74 Å². The van der Waals surface area contributed by atoms with Crippen LogP contribution < -0.4 is 10.1 Å². The third kappa shape index (κ3) is 5.01. The van der Waals surface area contributed by atoms with Crippen LogP contribution in [-0.2, 0) is 0 Å². The Balaban J connectivity index is 1.89. The predicted octanol–water partition coefficient (Wildman–Crippen LogP) is 3.61. The fourth-order valence-electron chi connectivity index (χ4n) is 3.22. The van der Waals surface area contributed by atoms with Crippen molar-refractivity contribution in [3.05, 3.63) is 29.8 Å². The standard InChI is InChI=1S/C18H30N2O/c1-4-21-18-11-7-6-10-17(18)16(3)19-15(2)14-20-12-8-5-9-13-20/h6-7,10-11,15-16,19H,4-5,8-9,12-14H2,1-3H3.